The molecule has 1 amide bonds. The minimum absolute atomic E-state index is 0.234. The summed E-state index contributed by atoms with van der Waals surface area (Å²) in [7, 11) is 0. The molecule has 0 aromatic carbocycles. The number of nitrogens with two attached hydrogens (primary N) is 1. The molecule has 0 saturated heterocycles. The van der Waals surface area contributed by atoms with Crippen LogP contribution in [0.5, 0.6) is 0 Å². The molecule has 0 aromatic rings. The van der Waals surface area contributed by atoms with E-state index in [1.54, 1.807) is 6.21 Å². The Kier molecular flexibility index (Phi) is 2.45. The maximum atomic E-state index is 11.5. The maximum absolute atomic E-state index is 11.5. The minimum atomic E-state index is -0.438. The maximum Gasteiger partial charge on any atom is 0.224 e. The second kappa shape index (κ2) is 3.54. The molecule has 1 heterocycles. The van der Waals surface area contributed by atoms with E-state index in [1.165, 1.54) is 0 Å². The van der Waals surface area contributed by atoms with Crippen LogP contribution in [0.4, 0.5) is 0 Å². The van der Waals surface area contributed by atoms with Gasteiger partial charge in [0.25, 0.3) is 0 Å². The SMILES string of the molecule is CC1(C2(C(N)=O)CC2)C=NCC(=N)C/C=C\1. The van der Waals surface area contributed by atoms with Gasteiger partial charge >= 0.3 is 0 Å². The van der Waals surface area contributed by atoms with Crippen LogP contribution in [-0.4, -0.2) is 24.4 Å². The quantitative estimate of drug-likeness (QED) is 0.675. The number of primary amides is 1. The van der Waals surface area contributed by atoms with E-state index in [1.807, 2.05) is 19.1 Å². The Balaban J connectivity index is 2.31. The zero-order valence-electron chi connectivity index (χ0n) is 9.49. The average molecular weight is 219 g/mol. The largest absolute Gasteiger partial charge is 0.369 e. The normalized spacial score (nSPS) is 33.9. The fraction of sp³-hybridized carbons (Fsp3) is 0.583. The molecule has 1 aliphatic heterocycles. The third-order valence-corrected chi connectivity index (χ3v) is 3.72. The van der Waals surface area contributed by atoms with E-state index in [4.69, 9.17) is 11.1 Å². The van der Waals surface area contributed by atoms with Crippen molar-refractivity contribution in [3.05, 3.63) is 12.2 Å². The van der Waals surface area contributed by atoms with Gasteiger partial charge in [-0.3, -0.25) is 9.79 Å². The molecule has 1 atom stereocenters. The highest BCUT2D eigenvalue weighted by Crippen LogP contribution is 2.58. The smallest absolute Gasteiger partial charge is 0.224 e. The van der Waals surface area contributed by atoms with E-state index in [0.717, 1.165) is 12.8 Å². The summed E-state index contributed by atoms with van der Waals surface area (Å²) in [5.41, 5.74) is 5.27. The van der Waals surface area contributed by atoms with Gasteiger partial charge < -0.3 is 11.1 Å². The van der Waals surface area contributed by atoms with Gasteiger partial charge in [-0.15, -0.1) is 0 Å². The van der Waals surface area contributed by atoms with Gasteiger partial charge in [-0.25, -0.2) is 0 Å². The van der Waals surface area contributed by atoms with Crippen molar-refractivity contribution >= 4 is 17.8 Å². The van der Waals surface area contributed by atoms with Crippen molar-refractivity contribution in [2.24, 2.45) is 21.6 Å². The van der Waals surface area contributed by atoms with E-state index in [9.17, 15) is 4.79 Å². The Morgan fingerprint density at radius 1 is 1.56 bits per heavy atom. The van der Waals surface area contributed by atoms with Gasteiger partial charge in [-0.05, 0) is 12.8 Å². The number of carbonyl (C=O) groups excluding carboxylic acids is 1. The zero-order valence-corrected chi connectivity index (χ0v) is 9.49. The first-order chi connectivity index (χ1) is 7.50. The topological polar surface area (TPSA) is 79.3 Å². The Labute approximate surface area is 95.1 Å². The monoisotopic (exact) mass is 219 g/mol. The molecule has 16 heavy (non-hydrogen) atoms. The number of hydrogen-bond acceptors (Lipinski definition) is 3. The molecule has 1 unspecified atom stereocenters. The van der Waals surface area contributed by atoms with Gasteiger partial charge in [0.05, 0.1) is 12.0 Å². The summed E-state index contributed by atoms with van der Waals surface area (Å²) in [4.78, 5) is 15.8. The average Bonchev–Trinajstić information content (AvgIpc) is 2.95. The number of aliphatic imine (C=N–C) groups is 1. The third-order valence-electron chi connectivity index (χ3n) is 3.72. The summed E-state index contributed by atoms with van der Waals surface area (Å²) in [6, 6.07) is 0. The third kappa shape index (κ3) is 1.58. The first kappa shape index (κ1) is 11.0. The number of nitrogens with zero attached hydrogens (tertiary/aromatic N) is 1. The Morgan fingerprint density at radius 3 is 2.81 bits per heavy atom. The van der Waals surface area contributed by atoms with Crippen LogP contribution in [0, 0.1) is 16.2 Å². The van der Waals surface area contributed by atoms with E-state index < -0.39 is 5.41 Å². The van der Waals surface area contributed by atoms with Crippen LogP contribution >= 0.6 is 0 Å². The highest BCUT2D eigenvalue weighted by atomic mass is 16.1. The lowest BCUT2D eigenvalue weighted by atomic mass is 9.73. The number of amides is 1. The van der Waals surface area contributed by atoms with Crippen LogP contribution < -0.4 is 5.73 Å². The molecule has 1 saturated carbocycles. The molecule has 1 aliphatic carbocycles. The summed E-state index contributed by atoms with van der Waals surface area (Å²) in [6.07, 6.45) is 8.04. The number of hydrogen-bond donors (Lipinski definition) is 2. The van der Waals surface area contributed by atoms with E-state index >= 15 is 0 Å². The highest BCUT2D eigenvalue weighted by Gasteiger charge is 2.59. The zero-order chi connectivity index (χ0) is 11.8. The Bertz CT molecular complexity index is 373. The first-order valence-corrected chi connectivity index (χ1v) is 5.55. The highest BCUT2D eigenvalue weighted by molar-refractivity contribution is 5.92. The summed E-state index contributed by atoms with van der Waals surface area (Å²) in [5.74, 6) is -0.234. The molecular weight excluding hydrogens is 202 g/mol. The van der Waals surface area contributed by atoms with Crippen molar-refractivity contribution in [1.29, 1.82) is 5.41 Å². The first-order valence-electron chi connectivity index (χ1n) is 5.55. The predicted octanol–water partition coefficient (Wildman–Crippen LogP) is 1.31. The molecule has 0 radical (unpaired) electrons. The van der Waals surface area contributed by atoms with Gasteiger partial charge in [-0.2, -0.15) is 0 Å². The number of allylic oxidation sites excluding steroid dienone is 2. The standard InChI is InChI=1S/C12H17N3O/c1-11(12(5-6-12)10(14)16)4-2-3-9(13)7-15-8-11/h2,4,8,13H,3,5-7H2,1H3,(H2,14,16)/b4-2-,13-9?,15-8?. The fourth-order valence-corrected chi connectivity index (χ4v) is 2.36. The van der Waals surface area contributed by atoms with Crippen molar-refractivity contribution in [3.63, 3.8) is 0 Å². The van der Waals surface area contributed by atoms with Crippen LogP contribution in [-0.2, 0) is 4.79 Å². The van der Waals surface area contributed by atoms with Crippen LogP contribution in [0.15, 0.2) is 17.1 Å². The van der Waals surface area contributed by atoms with E-state index in [0.29, 0.717) is 18.7 Å². The molecule has 2 aliphatic rings. The summed E-state index contributed by atoms with van der Waals surface area (Å²) >= 11 is 0. The van der Waals surface area contributed by atoms with E-state index in [-0.39, 0.29) is 11.3 Å². The summed E-state index contributed by atoms with van der Waals surface area (Å²) in [6.45, 7) is 2.43. The molecule has 4 heteroatoms. The van der Waals surface area contributed by atoms with Crippen molar-refractivity contribution in [2.75, 3.05) is 6.54 Å². The van der Waals surface area contributed by atoms with Gasteiger partial charge in [0.1, 0.15) is 0 Å². The molecule has 4 nitrogen and oxygen atoms in total. The summed E-state index contributed by atoms with van der Waals surface area (Å²) < 4.78 is 0. The molecule has 0 aromatic heterocycles. The minimum Gasteiger partial charge on any atom is -0.369 e. The van der Waals surface area contributed by atoms with Crippen molar-refractivity contribution in [1.82, 2.24) is 0 Å². The van der Waals surface area contributed by atoms with Crippen molar-refractivity contribution in [2.45, 2.75) is 26.2 Å². The second-order valence-electron chi connectivity index (χ2n) is 4.91. The lowest BCUT2D eigenvalue weighted by Crippen LogP contribution is -2.40. The molecular formula is C12H17N3O. The lowest BCUT2D eigenvalue weighted by molar-refractivity contribution is -0.125. The molecule has 0 spiro atoms. The van der Waals surface area contributed by atoms with Gasteiger partial charge in [0.2, 0.25) is 5.91 Å². The lowest BCUT2D eigenvalue weighted by Gasteiger charge is -2.30. The molecule has 3 N–H and O–H groups in total. The van der Waals surface area contributed by atoms with E-state index in [2.05, 4.69) is 4.99 Å². The van der Waals surface area contributed by atoms with Crippen molar-refractivity contribution in [3.8, 4) is 0 Å². The Hall–Kier alpha value is -1.45. The fourth-order valence-electron chi connectivity index (χ4n) is 2.36. The molecule has 1 fully saturated rings. The van der Waals surface area contributed by atoms with Crippen LogP contribution in [0.25, 0.3) is 0 Å². The van der Waals surface area contributed by atoms with Gasteiger partial charge in [0, 0.05) is 23.8 Å². The van der Waals surface area contributed by atoms with Gasteiger partial charge in [0.15, 0.2) is 0 Å². The number of carbonyl (C=O) groups is 1. The summed E-state index contributed by atoms with van der Waals surface area (Å²) in [5, 5.41) is 7.55. The molecule has 86 valence electrons. The molecule has 2 rings (SSSR count). The van der Waals surface area contributed by atoms with Crippen LogP contribution in [0.1, 0.15) is 26.2 Å². The van der Waals surface area contributed by atoms with Crippen LogP contribution in [0.2, 0.25) is 0 Å². The number of rotatable bonds is 2. The second-order valence-corrected chi connectivity index (χ2v) is 4.91. The number of nitrogens with one attached hydrogen (secondary N) is 1. The Morgan fingerprint density at radius 2 is 2.25 bits per heavy atom. The predicted molar refractivity (Wildman–Crippen MR) is 63.8 cm³/mol. The van der Waals surface area contributed by atoms with Gasteiger partial charge in [-0.1, -0.05) is 19.1 Å². The molecule has 0 bridgehead atoms. The van der Waals surface area contributed by atoms with Crippen molar-refractivity contribution < 1.29 is 4.79 Å². The van der Waals surface area contributed by atoms with Crippen LogP contribution in [0.3, 0.4) is 0 Å².